The van der Waals surface area contributed by atoms with Gasteiger partial charge in [-0.2, -0.15) is 0 Å². The Labute approximate surface area is 109 Å². The molecule has 0 aliphatic carbocycles. The second kappa shape index (κ2) is 5.74. The first-order valence-corrected chi connectivity index (χ1v) is 6.35. The largest absolute Gasteiger partial charge is 0.377 e. The van der Waals surface area contributed by atoms with E-state index in [9.17, 15) is 0 Å². The third kappa shape index (κ3) is 2.61. The summed E-state index contributed by atoms with van der Waals surface area (Å²) >= 11 is 2.27. The fourth-order valence-electron chi connectivity index (χ4n) is 1.86. The maximum absolute atomic E-state index is 5.50. The van der Waals surface area contributed by atoms with Crippen molar-refractivity contribution >= 4 is 28.4 Å². The summed E-state index contributed by atoms with van der Waals surface area (Å²) < 4.78 is 6.58. The van der Waals surface area contributed by atoms with Crippen molar-refractivity contribution in [2.24, 2.45) is 0 Å². The lowest BCUT2D eigenvalue weighted by Gasteiger charge is -2.36. The molecule has 16 heavy (non-hydrogen) atoms. The van der Waals surface area contributed by atoms with Crippen molar-refractivity contribution in [1.82, 2.24) is 15.3 Å². The third-order valence-corrected chi connectivity index (χ3v) is 3.35. The Morgan fingerprint density at radius 2 is 2.56 bits per heavy atom. The van der Waals surface area contributed by atoms with Gasteiger partial charge in [-0.05, 0) is 29.6 Å². The monoisotopic (exact) mass is 334 g/mol. The van der Waals surface area contributed by atoms with Gasteiger partial charge in [0.1, 0.15) is 12.1 Å². The molecule has 1 aliphatic heterocycles. The molecule has 0 radical (unpaired) electrons. The number of hydrogen-bond donors (Lipinski definition) is 1. The molecule has 0 bridgehead atoms. The van der Waals surface area contributed by atoms with Gasteiger partial charge < -0.3 is 15.0 Å². The lowest BCUT2D eigenvalue weighted by molar-refractivity contribution is 0.0938. The van der Waals surface area contributed by atoms with E-state index in [1.165, 1.54) is 0 Å². The summed E-state index contributed by atoms with van der Waals surface area (Å²) in [5, 5.41) is 3.19. The van der Waals surface area contributed by atoms with Crippen molar-refractivity contribution in [2.45, 2.75) is 6.04 Å². The number of hydrogen-bond acceptors (Lipinski definition) is 5. The highest BCUT2D eigenvalue weighted by atomic mass is 127. The number of likely N-dealkylation sites (N-methyl/N-ethyl adjacent to an activating group) is 1. The minimum Gasteiger partial charge on any atom is -0.377 e. The quantitative estimate of drug-likeness (QED) is 0.817. The van der Waals surface area contributed by atoms with Gasteiger partial charge in [0.05, 0.1) is 22.8 Å². The molecule has 1 atom stereocenters. The van der Waals surface area contributed by atoms with Crippen molar-refractivity contribution in [3.05, 3.63) is 16.1 Å². The minimum atomic E-state index is 0.349. The van der Waals surface area contributed by atoms with Gasteiger partial charge in [-0.1, -0.05) is 0 Å². The van der Waals surface area contributed by atoms with Gasteiger partial charge >= 0.3 is 0 Å². The maximum atomic E-state index is 5.50. The molecule has 0 saturated carbocycles. The van der Waals surface area contributed by atoms with Crippen LogP contribution in [-0.4, -0.2) is 49.4 Å². The topological polar surface area (TPSA) is 50.3 Å². The Hall–Kier alpha value is -0.470. The predicted octanol–water partition coefficient (Wildman–Crippen LogP) is 0.506. The maximum Gasteiger partial charge on any atom is 0.145 e. The summed E-state index contributed by atoms with van der Waals surface area (Å²) in [5.41, 5.74) is 0. The molecule has 0 aromatic carbocycles. The number of morpholine rings is 1. The number of ether oxygens (including phenoxy) is 1. The summed E-state index contributed by atoms with van der Waals surface area (Å²) in [4.78, 5) is 10.7. The number of rotatable bonds is 3. The molecule has 1 N–H and O–H groups in total. The molecule has 0 spiro atoms. The summed E-state index contributed by atoms with van der Waals surface area (Å²) in [7, 11) is 1.96. The molecule has 2 rings (SSSR count). The van der Waals surface area contributed by atoms with Gasteiger partial charge in [0, 0.05) is 19.3 Å². The Morgan fingerprint density at radius 1 is 1.69 bits per heavy atom. The van der Waals surface area contributed by atoms with Crippen LogP contribution in [0.2, 0.25) is 0 Å². The molecule has 6 heteroatoms. The molecule has 1 aromatic heterocycles. The lowest BCUT2D eigenvalue weighted by Crippen LogP contribution is -2.50. The average molecular weight is 334 g/mol. The zero-order valence-corrected chi connectivity index (χ0v) is 11.3. The smallest absolute Gasteiger partial charge is 0.145 e. The summed E-state index contributed by atoms with van der Waals surface area (Å²) in [6.07, 6.45) is 3.44. The zero-order chi connectivity index (χ0) is 11.4. The standard InChI is InChI=1S/C10H15IN4O/c1-12-4-8-6-16-3-2-15(8)10-9(11)5-13-7-14-10/h5,7-8,12H,2-4,6H2,1H3. The highest BCUT2D eigenvalue weighted by Gasteiger charge is 2.24. The van der Waals surface area contributed by atoms with Crippen molar-refractivity contribution in [1.29, 1.82) is 0 Å². The van der Waals surface area contributed by atoms with Gasteiger partial charge in [0.25, 0.3) is 0 Å². The molecule has 5 nitrogen and oxygen atoms in total. The van der Waals surface area contributed by atoms with E-state index in [4.69, 9.17) is 4.74 Å². The van der Waals surface area contributed by atoms with Crippen LogP contribution in [0, 0.1) is 3.57 Å². The molecule has 2 heterocycles. The average Bonchev–Trinajstić information content (AvgIpc) is 2.31. The molecule has 88 valence electrons. The lowest BCUT2D eigenvalue weighted by atomic mass is 10.2. The number of anilines is 1. The van der Waals surface area contributed by atoms with Crippen LogP contribution in [0.3, 0.4) is 0 Å². The fraction of sp³-hybridized carbons (Fsp3) is 0.600. The van der Waals surface area contributed by atoms with E-state index in [-0.39, 0.29) is 0 Å². The molecule has 0 amide bonds. The van der Waals surface area contributed by atoms with E-state index in [2.05, 4.69) is 42.8 Å². The molecule has 1 unspecified atom stereocenters. The third-order valence-electron chi connectivity index (χ3n) is 2.59. The Kier molecular flexibility index (Phi) is 4.30. The second-order valence-corrected chi connectivity index (χ2v) is 4.84. The van der Waals surface area contributed by atoms with Crippen molar-refractivity contribution in [3.8, 4) is 0 Å². The van der Waals surface area contributed by atoms with Crippen LogP contribution >= 0.6 is 22.6 Å². The Bertz CT molecular complexity index is 347. The second-order valence-electron chi connectivity index (χ2n) is 3.67. The van der Waals surface area contributed by atoms with Crippen LogP contribution in [0.5, 0.6) is 0 Å². The van der Waals surface area contributed by atoms with E-state index in [1.54, 1.807) is 6.33 Å². The van der Waals surface area contributed by atoms with Crippen molar-refractivity contribution in [3.63, 3.8) is 0 Å². The molecule has 1 aliphatic rings. The summed E-state index contributed by atoms with van der Waals surface area (Å²) in [5.74, 6) is 1.01. The van der Waals surface area contributed by atoms with E-state index in [1.807, 2.05) is 13.2 Å². The number of aromatic nitrogens is 2. The molecular formula is C10H15IN4O. The Morgan fingerprint density at radius 3 is 3.31 bits per heavy atom. The van der Waals surface area contributed by atoms with Gasteiger partial charge in [-0.25, -0.2) is 9.97 Å². The molecule has 1 saturated heterocycles. The van der Waals surface area contributed by atoms with E-state index < -0.39 is 0 Å². The van der Waals surface area contributed by atoms with Gasteiger partial charge in [0.2, 0.25) is 0 Å². The van der Waals surface area contributed by atoms with Crippen LogP contribution < -0.4 is 10.2 Å². The molecule has 1 aromatic rings. The van der Waals surface area contributed by atoms with Crippen molar-refractivity contribution < 1.29 is 4.74 Å². The number of nitrogens with zero attached hydrogens (tertiary/aromatic N) is 3. The van der Waals surface area contributed by atoms with Crippen LogP contribution in [0.25, 0.3) is 0 Å². The van der Waals surface area contributed by atoms with Crippen LogP contribution in [0.1, 0.15) is 0 Å². The fourth-order valence-corrected chi connectivity index (χ4v) is 2.47. The predicted molar refractivity (Wildman–Crippen MR) is 70.6 cm³/mol. The first-order chi connectivity index (χ1) is 7.83. The molecular weight excluding hydrogens is 319 g/mol. The van der Waals surface area contributed by atoms with Gasteiger partial charge in [-0.15, -0.1) is 0 Å². The minimum absolute atomic E-state index is 0.349. The first kappa shape index (κ1) is 12.0. The van der Waals surface area contributed by atoms with Crippen LogP contribution in [0.15, 0.2) is 12.5 Å². The van der Waals surface area contributed by atoms with Gasteiger partial charge in [0.15, 0.2) is 0 Å². The van der Waals surface area contributed by atoms with Crippen LogP contribution in [0.4, 0.5) is 5.82 Å². The SMILES string of the molecule is CNCC1COCCN1c1ncncc1I. The number of nitrogens with one attached hydrogen (secondary N) is 1. The van der Waals surface area contributed by atoms with Gasteiger partial charge in [-0.3, -0.25) is 0 Å². The molecule has 1 fully saturated rings. The summed E-state index contributed by atoms with van der Waals surface area (Å²) in [6, 6.07) is 0.349. The van der Waals surface area contributed by atoms with Crippen molar-refractivity contribution in [2.75, 3.05) is 38.3 Å². The highest BCUT2D eigenvalue weighted by Crippen LogP contribution is 2.21. The Balaban J connectivity index is 2.19. The first-order valence-electron chi connectivity index (χ1n) is 5.27. The summed E-state index contributed by atoms with van der Waals surface area (Å²) in [6.45, 7) is 3.31. The highest BCUT2D eigenvalue weighted by molar-refractivity contribution is 14.1. The normalized spacial score (nSPS) is 21.1. The van der Waals surface area contributed by atoms with Crippen LogP contribution in [-0.2, 0) is 4.74 Å². The number of halogens is 1. The van der Waals surface area contributed by atoms with E-state index in [0.29, 0.717) is 6.04 Å². The van der Waals surface area contributed by atoms with E-state index in [0.717, 1.165) is 35.7 Å². The van der Waals surface area contributed by atoms with E-state index >= 15 is 0 Å². The zero-order valence-electron chi connectivity index (χ0n) is 9.19.